The highest BCUT2D eigenvalue weighted by Gasteiger charge is 2.19. The van der Waals surface area contributed by atoms with Crippen LogP contribution in [0.4, 0.5) is 0 Å². The summed E-state index contributed by atoms with van der Waals surface area (Å²) in [6.07, 6.45) is 19.8. The summed E-state index contributed by atoms with van der Waals surface area (Å²) in [5, 5.41) is 28.3. The maximum absolute atomic E-state index is 10.6. The number of hydrogen-bond donors (Lipinski definition) is 4. The summed E-state index contributed by atoms with van der Waals surface area (Å²) < 4.78 is 0. The van der Waals surface area contributed by atoms with Crippen molar-refractivity contribution in [1.29, 1.82) is 0 Å². The molecule has 0 radical (unpaired) electrons. The van der Waals surface area contributed by atoms with Crippen molar-refractivity contribution in [1.82, 2.24) is 5.32 Å². The summed E-state index contributed by atoms with van der Waals surface area (Å²) in [4.78, 5) is 31.2. The molecule has 0 spiro atoms. The molecule has 0 fully saturated rings. The minimum Gasteiger partial charge on any atom is -0.481 e. The highest BCUT2D eigenvalue weighted by molar-refractivity contribution is 5.80. The van der Waals surface area contributed by atoms with Crippen molar-refractivity contribution in [3.8, 4) is 0 Å². The summed E-state index contributed by atoms with van der Waals surface area (Å²) >= 11 is 0. The molecule has 0 rings (SSSR count). The second kappa shape index (κ2) is 25.6. The molecule has 0 aliphatic rings. The first-order chi connectivity index (χ1) is 15.3. The molecule has 0 aliphatic heterocycles. The number of nitrogens with one attached hydrogen (secondary N) is 1. The van der Waals surface area contributed by atoms with Crippen molar-refractivity contribution in [2.24, 2.45) is 0 Å². The van der Waals surface area contributed by atoms with Crippen LogP contribution in [-0.4, -0.2) is 45.8 Å². The van der Waals surface area contributed by atoms with Crippen LogP contribution >= 0.6 is 0 Å². The standard InChI is InChI=1S/C16H32O2.C9H17NO4/c1-2-3-4-5-6-7-8-9-10-11-12-13-14-15-16(17)18;1-2-3-4-5-10-7(9(13)14)6-8(11)12/h2-15H2,1H3,(H,17,18);7,10H,2-6H2,1H3,(H,11,12)(H,13,14). The third-order valence-electron chi connectivity index (χ3n) is 5.34. The molecule has 0 heterocycles. The zero-order valence-corrected chi connectivity index (χ0v) is 20.6. The zero-order valence-electron chi connectivity index (χ0n) is 20.6. The third-order valence-corrected chi connectivity index (χ3v) is 5.34. The van der Waals surface area contributed by atoms with E-state index < -0.39 is 23.9 Å². The van der Waals surface area contributed by atoms with Gasteiger partial charge in [0.1, 0.15) is 6.04 Å². The van der Waals surface area contributed by atoms with Crippen LogP contribution in [0.2, 0.25) is 0 Å². The Balaban J connectivity index is 0. The lowest BCUT2D eigenvalue weighted by Gasteiger charge is -2.11. The normalized spacial score (nSPS) is 11.4. The van der Waals surface area contributed by atoms with Crippen LogP contribution in [0.5, 0.6) is 0 Å². The zero-order chi connectivity index (χ0) is 24.5. The summed E-state index contributed by atoms with van der Waals surface area (Å²) in [7, 11) is 0. The van der Waals surface area contributed by atoms with Crippen LogP contribution in [-0.2, 0) is 14.4 Å². The van der Waals surface area contributed by atoms with E-state index in [0.29, 0.717) is 13.0 Å². The Morgan fingerprint density at radius 2 is 1.00 bits per heavy atom. The molecule has 0 amide bonds. The van der Waals surface area contributed by atoms with Gasteiger partial charge in [-0.2, -0.15) is 0 Å². The van der Waals surface area contributed by atoms with Gasteiger partial charge >= 0.3 is 17.9 Å². The minimum atomic E-state index is -1.11. The van der Waals surface area contributed by atoms with Crippen molar-refractivity contribution >= 4 is 17.9 Å². The molecule has 1 atom stereocenters. The van der Waals surface area contributed by atoms with Gasteiger partial charge in [-0.1, -0.05) is 104 Å². The second-order valence-corrected chi connectivity index (χ2v) is 8.54. The van der Waals surface area contributed by atoms with Crippen LogP contribution in [0.3, 0.4) is 0 Å². The largest absolute Gasteiger partial charge is 0.481 e. The predicted octanol–water partition coefficient (Wildman–Crippen LogP) is 6.25. The van der Waals surface area contributed by atoms with Gasteiger partial charge in [-0.25, -0.2) is 0 Å². The molecule has 0 aromatic carbocycles. The molecular formula is C25H49NO6. The molecule has 0 aromatic rings. The molecule has 190 valence electrons. The highest BCUT2D eigenvalue weighted by atomic mass is 16.4. The topological polar surface area (TPSA) is 124 Å². The summed E-state index contributed by atoms with van der Waals surface area (Å²) in [6, 6.07) is -0.968. The molecule has 7 heteroatoms. The van der Waals surface area contributed by atoms with E-state index >= 15 is 0 Å². The first-order valence-electron chi connectivity index (χ1n) is 12.7. The Kier molecular flexibility index (Phi) is 26.1. The van der Waals surface area contributed by atoms with Crippen molar-refractivity contribution in [3.05, 3.63) is 0 Å². The molecule has 0 saturated carbocycles. The molecule has 0 bridgehead atoms. The van der Waals surface area contributed by atoms with E-state index in [1.807, 2.05) is 6.92 Å². The minimum absolute atomic E-state index is 0.345. The smallest absolute Gasteiger partial charge is 0.321 e. The molecule has 0 aromatic heterocycles. The third kappa shape index (κ3) is 28.4. The number of unbranched alkanes of at least 4 members (excludes halogenated alkanes) is 14. The first-order valence-corrected chi connectivity index (χ1v) is 12.7. The summed E-state index contributed by atoms with van der Waals surface area (Å²) in [6.45, 7) is 4.86. The number of carbonyl (C=O) groups is 3. The molecule has 4 N–H and O–H groups in total. The van der Waals surface area contributed by atoms with Crippen LogP contribution in [0, 0.1) is 0 Å². The van der Waals surface area contributed by atoms with Crippen LogP contribution in [0.25, 0.3) is 0 Å². The van der Waals surface area contributed by atoms with E-state index in [2.05, 4.69) is 12.2 Å². The van der Waals surface area contributed by atoms with Gasteiger partial charge in [0.2, 0.25) is 0 Å². The van der Waals surface area contributed by atoms with Gasteiger partial charge in [0, 0.05) is 6.42 Å². The fourth-order valence-corrected chi connectivity index (χ4v) is 3.37. The van der Waals surface area contributed by atoms with Crippen molar-refractivity contribution in [2.75, 3.05) is 6.54 Å². The summed E-state index contributed by atoms with van der Waals surface area (Å²) in [5.41, 5.74) is 0. The van der Waals surface area contributed by atoms with Crippen molar-refractivity contribution < 1.29 is 29.7 Å². The fourth-order valence-electron chi connectivity index (χ4n) is 3.37. The molecule has 7 nitrogen and oxygen atoms in total. The molecular weight excluding hydrogens is 410 g/mol. The Morgan fingerprint density at radius 1 is 0.594 bits per heavy atom. The van der Waals surface area contributed by atoms with Gasteiger partial charge < -0.3 is 20.6 Å². The van der Waals surface area contributed by atoms with E-state index in [-0.39, 0.29) is 6.42 Å². The molecule has 1 unspecified atom stereocenters. The average molecular weight is 460 g/mol. The van der Waals surface area contributed by atoms with Gasteiger partial charge in [-0.15, -0.1) is 0 Å². The van der Waals surface area contributed by atoms with Crippen LogP contribution in [0.15, 0.2) is 0 Å². The van der Waals surface area contributed by atoms with E-state index in [4.69, 9.17) is 15.3 Å². The Bertz CT molecular complexity index is 456. The number of aliphatic carboxylic acids is 3. The molecule has 0 saturated heterocycles. The van der Waals surface area contributed by atoms with E-state index in [1.54, 1.807) is 0 Å². The maximum Gasteiger partial charge on any atom is 0.321 e. The van der Waals surface area contributed by atoms with E-state index in [0.717, 1.165) is 32.1 Å². The molecule has 32 heavy (non-hydrogen) atoms. The van der Waals surface area contributed by atoms with Gasteiger partial charge in [0.25, 0.3) is 0 Å². The lowest BCUT2D eigenvalue weighted by Crippen LogP contribution is -2.39. The summed E-state index contributed by atoms with van der Waals surface area (Å²) in [5.74, 6) is -2.86. The monoisotopic (exact) mass is 459 g/mol. The highest BCUT2D eigenvalue weighted by Crippen LogP contribution is 2.12. The van der Waals surface area contributed by atoms with Crippen LogP contribution in [0.1, 0.15) is 129 Å². The average Bonchev–Trinajstić information content (AvgIpc) is 2.73. The first kappa shape index (κ1) is 32.5. The Hall–Kier alpha value is -1.63. The number of hydrogen-bond acceptors (Lipinski definition) is 4. The van der Waals surface area contributed by atoms with E-state index in [1.165, 1.54) is 70.6 Å². The lowest BCUT2D eigenvalue weighted by atomic mass is 10.0. The predicted molar refractivity (Wildman–Crippen MR) is 129 cm³/mol. The van der Waals surface area contributed by atoms with Gasteiger partial charge in [-0.05, 0) is 19.4 Å². The molecule has 0 aliphatic carbocycles. The lowest BCUT2D eigenvalue weighted by molar-refractivity contribution is -0.145. The Morgan fingerprint density at radius 3 is 1.38 bits per heavy atom. The van der Waals surface area contributed by atoms with Gasteiger partial charge in [0.05, 0.1) is 6.42 Å². The Labute approximate surface area is 195 Å². The van der Waals surface area contributed by atoms with Gasteiger partial charge in [-0.3, -0.25) is 14.4 Å². The second-order valence-electron chi connectivity index (χ2n) is 8.54. The number of carboxylic acid groups (broad SMARTS) is 3. The van der Waals surface area contributed by atoms with Crippen molar-refractivity contribution in [3.63, 3.8) is 0 Å². The van der Waals surface area contributed by atoms with E-state index in [9.17, 15) is 14.4 Å². The quantitative estimate of drug-likeness (QED) is 0.141. The SMILES string of the molecule is CCCCCCCCCCCCCCCC(=O)O.CCCCCNC(CC(=O)O)C(=O)O. The van der Waals surface area contributed by atoms with Crippen molar-refractivity contribution in [2.45, 2.75) is 135 Å². The fraction of sp³-hybridized carbons (Fsp3) is 0.880. The number of carboxylic acids is 3. The van der Waals surface area contributed by atoms with Crippen LogP contribution < -0.4 is 5.32 Å². The maximum atomic E-state index is 10.6. The van der Waals surface area contributed by atoms with Gasteiger partial charge in [0.15, 0.2) is 0 Å². The number of rotatable bonds is 22.